The molecule has 0 saturated heterocycles. The van der Waals surface area contributed by atoms with E-state index < -0.39 is 0 Å². The summed E-state index contributed by atoms with van der Waals surface area (Å²) >= 11 is 0. The highest BCUT2D eigenvalue weighted by Crippen LogP contribution is 2.51. The SMILES string of the molecule is O=C(N[C@H]1CCc2ccccc21)[C@H]1C[C@H]2[C@H]3CCC[C@H](O)[C@@H]3C=C[C@H]2C1. The molecule has 26 heavy (non-hydrogen) atoms. The zero-order valence-electron chi connectivity index (χ0n) is 15.3. The molecule has 4 aliphatic carbocycles. The molecule has 0 heterocycles. The summed E-state index contributed by atoms with van der Waals surface area (Å²) in [5.41, 5.74) is 2.70. The third kappa shape index (κ3) is 2.72. The van der Waals surface area contributed by atoms with Gasteiger partial charge in [0.15, 0.2) is 0 Å². The summed E-state index contributed by atoms with van der Waals surface area (Å²) in [6.45, 7) is 0. The molecule has 1 amide bonds. The van der Waals surface area contributed by atoms with Crippen molar-refractivity contribution in [2.75, 3.05) is 0 Å². The minimum absolute atomic E-state index is 0.139. The number of allylic oxidation sites excluding steroid dienone is 1. The van der Waals surface area contributed by atoms with Crippen molar-refractivity contribution in [2.24, 2.45) is 29.6 Å². The molecule has 3 nitrogen and oxygen atoms in total. The van der Waals surface area contributed by atoms with Crippen LogP contribution in [-0.4, -0.2) is 17.1 Å². The maximum absolute atomic E-state index is 13.0. The summed E-state index contributed by atoms with van der Waals surface area (Å²) in [5, 5.41) is 13.7. The normalized spacial score (nSPS) is 40.6. The lowest BCUT2D eigenvalue weighted by Gasteiger charge is -2.42. The smallest absolute Gasteiger partial charge is 0.223 e. The Labute approximate surface area is 155 Å². The Bertz CT molecular complexity index is 727. The maximum Gasteiger partial charge on any atom is 0.223 e. The number of nitrogens with one attached hydrogen (secondary N) is 1. The van der Waals surface area contributed by atoms with Crippen LogP contribution in [0.5, 0.6) is 0 Å². The van der Waals surface area contributed by atoms with Gasteiger partial charge in [-0.2, -0.15) is 0 Å². The fourth-order valence-corrected chi connectivity index (χ4v) is 6.30. The first-order chi connectivity index (χ1) is 12.7. The minimum atomic E-state index is -0.172. The zero-order valence-corrected chi connectivity index (χ0v) is 15.3. The van der Waals surface area contributed by atoms with Gasteiger partial charge in [0, 0.05) is 11.8 Å². The molecule has 1 aromatic rings. The van der Waals surface area contributed by atoms with Gasteiger partial charge in [0.2, 0.25) is 5.91 Å². The van der Waals surface area contributed by atoms with Crippen LogP contribution in [0.2, 0.25) is 0 Å². The zero-order chi connectivity index (χ0) is 17.7. The molecule has 3 heteroatoms. The van der Waals surface area contributed by atoms with E-state index in [1.165, 1.54) is 17.5 Å². The lowest BCUT2D eigenvalue weighted by atomic mass is 9.65. The van der Waals surface area contributed by atoms with Crippen LogP contribution in [-0.2, 0) is 11.2 Å². The van der Waals surface area contributed by atoms with E-state index in [0.717, 1.165) is 38.5 Å². The van der Waals surface area contributed by atoms with Crippen molar-refractivity contribution in [1.29, 1.82) is 0 Å². The van der Waals surface area contributed by atoms with Gasteiger partial charge in [-0.05, 0) is 67.4 Å². The molecule has 0 aliphatic heterocycles. The molecular formula is C23H29NO2. The number of hydrogen-bond donors (Lipinski definition) is 2. The number of aliphatic hydroxyl groups excluding tert-OH is 1. The third-order valence-corrected chi connectivity index (χ3v) is 7.59. The Hall–Kier alpha value is -1.61. The lowest BCUT2D eigenvalue weighted by Crippen LogP contribution is -2.38. The van der Waals surface area contributed by atoms with Crippen LogP contribution in [0.25, 0.3) is 0 Å². The second kappa shape index (κ2) is 6.53. The number of aliphatic hydroxyl groups is 1. The van der Waals surface area contributed by atoms with Gasteiger partial charge in [0.1, 0.15) is 0 Å². The van der Waals surface area contributed by atoms with Gasteiger partial charge in [0.25, 0.3) is 0 Å². The van der Waals surface area contributed by atoms with E-state index >= 15 is 0 Å². The topological polar surface area (TPSA) is 49.3 Å². The summed E-state index contributed by atoms with van der Waals surface area (Å²) < 4.78 is 0. The number of benzene rings is 1. The molecule has 2 N–H and O–H groups in total. The summed E-state index contributed by atoms with van der Waals surface area (Å²) in [4.78, 5) is 13.0. The van der Waals surface area contributed by atoms with Crippen molar-refractivity contribution in [3.05, 3.63) is 47.5 Å². The number of fused-ring (bicyclic) bond motifs is 4. The second-order valence-electron chi connectivity index (χ2n) is 8.92. The maximum atomic E-state index is 13.0. The Balaban J connectivity index is 1.27. The number of amides is 1. The fourth-order valence-electron chi connectivity index (χ4n) is 6.30. The highest BCUT2D eigenvalue weighted by atomic mass is 16.3. The predicted molar refractivity (Wildman–Crippen MR) is 101 cm³/mol. The van der Waals surface area contributed by atoms with Gasteiger partial charge < -0.3 is 10.4 Å². The first kappa shape index (κ1) is 16.6. The minimum Gasteiger partial charge on any atom is -0.393 e. The van der Waals surface area contributed by atoms with Gasteiger partial charge in [0.05, 0.1) is 12.1 Å². The monoisotopic (exact) mass is 351 g/mol. The Morgan fingerprint density at radius 2 is 1.92 bits per heavy atom. The van der Waals surface area contributed by atoms with E-state index in [9.17, 15) is 9.90 Å². The number of aryl methyl sites for hydroxylation is 1. The van der Waals surface area contributed by atoms with E-state index in [2.05, 4.69) is 41.7 Å². The molecule has 2 fully saturated rings. The van der Waals surface area contributed by atoms with Crippen LogP contribution in [0.4, 0.5) is 0 Å². The largest absolute Gasteiger partial charge is 0.393 e. The van der Waals surface area contributed by atoms with Crippen LogP contribution in [0.15, 0.2) is 36.4 Å². The van der Waals surface area contributed by atoms with Crippen LogP contribution in [0, 0.1) is 29.6 Å². The Morgan fingerprint density at radius 1 is 1.04 bits per heavy atom. The molecule has 5 rings (SSSR count). The number of carbonyl (C=O) groups is 1. The van der Waals surface area contributed by atoms with Crippen molar-refractivity contribution < 1.29 is 9.90 Å². The van der Waals surface area contributed by atoms with Crippen molar-refractivity contribution in [2.45, 2.75) is 57.1 Å². The molecular weight excluding hydrogens is 322 g/mol. The van der Waals surface area contributed by atoms with Crippen molar-refractivity contribution >= 4 is 5.91 Å². The molecule has 4 aliphatic rings. The highest BCUT2D eigenvalue weighted by Gasteiger charge is 2.47. The van der Waals surface area contributed by atoms with Crippen LogP contribution >= 0.6 is 0 Å². The average molecular weight is 351 g/mol. The highest BCUT2D eigenvalue weighted by molar-refractivity contribution is 5.79. The van der Waals surface area contributed by atoms with Gasteiger partial charge in [-0.25, -0.2) is 0 Å². The van der Waals surface area contributed by atoms with Crippen molar-refractivity contribution in [3.63, 3.8) is 0 Å². The van der Waals surface area contributed by atoms with Crippen LogP contribution in [0.3, 0.4) is 0 Å². The first-order valence-electron chi connectivity index (χ1n) is 10.5. The van der Waals surface area contributed by atoms with Crippen LogP contribution < -0.4 is 5.32 Å². The summed E-state index contributed by atoms with van der Waals surface area (Å²) in [6.07, 6.45) is 11.8. The second-order valence-corrected chi connectivity index (χ2v) is 8.92. The quantitative estimate of drug-likeness (QED) is 0.797. The molecule has 0 aromatic heterocycles. The molecule has 0 bridgehead atoms. The van der Waals surface area contributed by atoms with Crippen molar-refractivity contribution in [3.8, 4) is 0 Å². The lowest BCUT2D eigenvalue weighted by molar-refractivity contribution is -0.125. The van der Waals surface area contributed by atoms with E-state index in [-0.39, 0.29) is 24.0 Å². The van der Waals surface area contributed by atoms with Gasteiger partial charge in [-0.15, -0.1) is 0 Å². The molecule has 138 valence electrons. The number of carbonyl (C=O) groups excluding carboxylic acids is 1. The molecule has 0 unspecified atom stereocenters. The number of rotatable bonds is 2. The van der Waals surface area contributed by atoms with E-state index in [1.54, 1.807) is 0 Å². The summed E-state index contributed by atoms with van der Waals surface area (Å²) in [5.74, 6) is 2.43. The Kier molecular flexibility index (Phi) is 4.16. The van der Waals surface area contributed by atoms with E-state index in [4.69, 9.17) is 0 Å². The summed E-state index contributed by atoms with van der Waals surface area (Å²) in [6, 6.07) is 8.71. The standard InChI is InChI=1S/C23H29NO2/c25-22-7-3-6-18-19(22)10-8-15-12-16(13-20(15)18)23(26)24-21-11-9-14-4-1-2-5-17(14)21/h1-2,4-5,8,10,15-16,18-22,25H,3,6-7,9,11-13H2,(H,24,26)/t15-,16+,18-,19+,20+,21-,22-/m0/s1. The predicted octanol–water partition coefficient (Wildman–Crippen LogP) is 3.78. The molecule has 2 saturated carbocycles. The summed E-state index contributed by atoms with van der Waals surface area (Å²) in [7, 11) is 0. The molecule has 1 aromatic carbocycles. The van der Waals surface area contributed by atoms with Crippen LogP contribution in [0.1, 0.15) is 55.7 Å². The average Bonchev–Trinajstić information content (AvgIpc) is 3.27. The molecule has 0 radical (unpaired) electrons. The van der Waals surface area contributed by atoms with E-state index in [1.807, 2.05) is 0 Å². The molecule has 0 spiro atoms. The van der Waals surface area contributed by atoms with Gasteiger partial charge in [-0.3, -0.25) is 4.79 Å². The van der Waals surface area contributed by atoms with E-state index in [0.29, 0.717) is 23.7 Å². The molecule has 7 atom stereocenters. The first-order valence-corrected chi connectivity index (χ1v) is 10.5. The Morgan fingerprint density at radius 3 is 2.85 bits per heavy atom. The third-order valence-electron chi connectivity index (χ3n) is 7.59. The van der Waals surface area contributed by atoms with Gasteiger partial charge >= 0.3 is 0 Å². The number of hydrogen-bond acceptors (Lipinski definition) is 2. The van der Waals surface area contributed by atoms with Crippen molar-refractivity contribution in [1.82, 2.24) is 5.32 Å². The fraction of sp³-hybridized carbons (Fsp3) is 0.609. The van der Waals surface area contributed by atoms with Gasteiger partial charge in [-0.1, -0.05) is 42.8 Å².